The molecule has 0 aromatic heterocycles. The van der Waals surface area contributed by atoms with Crippen molar-refractivity contribution >= 4 is 21.5 Å². The fraction of sp³-hybridized carbons (Fsp3) is 1.00. The fourth-order valence-corrected chi connectivity index (χ4v) is 2.92. The smallest absolute Gasteiger partial charge is 0.286 e. The molecule has 6 heteroatoms. The Morgan fingerprint density at radius 3 is 1.53 bits per heavy atom. The summed E-state index contributed by atoms with van der Waals surface area (Å²) in [7, 11) is 1.14. The molecule has 1 saturated heterocycles. The van der Waals surface area contributed by atoms with Crippen LogP contribution < -0.4 is 0 Å². The Hall–Kier alpha value is 0.0748. The molecule has 0 unspecified atom stereocenters. The zero-order valence-corrected chi connectivity index (χ0v) is 12.4. The van der Waals surface area contributed by atoms with E-state index in [0.29, 0.717) is 14.0 Å². The van der Waals surface area contributed by atoms with Crippen molar-refractivity contribution in [2.45, 2.75) is 53.7 Å². The topological polar surface area (TPSA) is 9.72 Å². The molecule has 0 aromatic carbocycles. The van der Waals surface area contributed by atoms with Crippen molar-refractivity contribution in [2.24, 2.45) is 0 Å². The summed E-state index contributed by atoms with van der Waals surface area (Å²) in [4.78, 5) is 0. The van der Waals surface area contributed by atoms with Gasteiger partial charge in [-0.2, -0.15) is 0 Å². The predicted octanol–water partition coefficient (Wildman–Crippen LogP) is 1.64. The fourth-order valence-electron chi connectivity index (χ4n) is 2.92. The molecule has 1 rings (SSSR count). The Labute approximate surface area is 109 Å². The molecule has 0 bridgehead atoms. The minimum Gasteiger partial charge on any atom is -0.360 e. The summed E-state index contributed by atoms with van der Waals surface area (Å²) in [5, 5.41) is 0. The highest BCUT2D eigenvalue weighted by Gasteiger charge is 2.39. The van der Waals surface area contributed by atoms with E-state index >= 15 is 0 Å². The van der Waals surface area contributed by atoms with E-state index in [0.717, 1.165) is 7.55 Å². The Morgan fingerprint density at radius 1 is 0.765 bits per heavy atom. The Balaban J connectivity index is 2.71. The van der Waals surface area contributed by atoms with Crippen LogP contribution in [0.3, 0.4) is 0 Å². The van der Waals surface area contributed by atoms with Crippen LogP contribution in [0.25, 0.3) is 0 Å². The molecule has 1 aliphatic rings. The lowest BCUT2D eigenvalue weighted by Gasteiger charge is -2.48. The Bertz CT molecular complexity index is 200. The van der Waals surface area contributed by atoms with E-state index in [-0.39, 0.29) is 0 Å². The summed E-state index contributed by atoms with van der Waals surface area (Å²) in [5.41, 5.74) is 0. The average Bonchev–Trinajstić information content (AvgIpc) is 2.31. The summed E-state index contributed by atoms with van der Waals surface area (Å²) < 4.78 is 7.88. The van der Waals surface area contributed by atoms with E-state index in [1.54, 1.807) is 0 Å². The van der Waals surface area contributed by atoms with Crippen LogP contribution in [-0.2, 0) is 0 Å². The van der Waals surface area contributed by atoms with Crippen LogP contribution in [0.15, 0.2) is 0 Å². The second-order valence-electron chi connectivity index (χ2n) is 5.27. The zero-order chi connectivity index (χ0) is 12.8. The highest BCUT2D eigenvalue weighted by atomic mass is 15.3. The van der Waals surface area contributed by atoms with E-state index in [1.165, 1.54) is 38.9 Å². The maximum Gasteiger partial charge on any atom is 0.286 e. The Morgan fingerprint density at radius 2 is 1.18 bits per heavy atom. The summed E-state index contributed by atoms with van der Waals surface area (Å²) in [6.45, 7) is 16.4. The molecule has 96 valence electrons. The molecule has 0 radical (unpaired) electrons. The van der Waals surface area contributed by atoms with Gasteiger partial charge < -0.3 is 14.2 Å². The van der Waals surface area contributed by atoms with E-state index in [2.05, 4.69) is 48.6 Å². The van der Waals surface area contributed by atoms with Crippen molar-refractivity contribution in [1.82, 2.24) is 14.2 Å². The largest absolute Gasteiger partial charge is 0.360 e. The summed E-state index contributed by atoms with van der Waals surface area (Å²) in [6, 6.07) is 0. The molecule has 0 saturated carbocycles. The summed E-state index contributed by atoms with van der Waals surface area (Å²) >= 11 is 0. The SMILES string of the molecule is CCCN1BN(CCC)B(C)N(CCC)B1C. The second-order valence-corrected chi connectivity index (χ2v) is 5.27. The van der Waals surface area contributed by atoms with Crippen molar-refractivity contribution in [3.05, 3.63) is 0 Å². The third-order valence-electron chi connectivity index (χ3n) is 3.88. The van der Waals surface area contributed by atoms with Gasteiger partial charge in [0.1, 0.15) is 0 Å². The van der Waals surface area contributed by atoms with Crippen molar-refractivity contribution in [2.75, 3.05) is 19.6 Å². The van der Waals surface area contributed by atoms with E-state index in [4.69, 9.17) is 0 Å². The van der Waals surface area contributed by atoms with Crippen LogP contribution in [0.5, 0.6) is 0 Å². The van der Waals surface area contributed by atoms with Gasteiger partial charge in [-0.05, 0) is 38.9 Å². The quantitative estimate of drug-likeness (QED) is 0.647. The van der Waals surface area contributed by atoms with Crippen LogP contribution in [0.2, 0.25) is 13.6 Å². The lowest BCUT2D eigenvalue weighted by atomic mass is 9.51. The van der Waals surface area contributed by atoms with Gasteiger partial charge in [0.2, 0.25) is 0 Å². The van der Waals surface area contributed by atoms with E-state index in [9.17, 15) is 0 Å². The third kappa shape index (κ3) is 3.77. The second kappa shape index (κ2) is 7.50. The maximum atomic E-state index is 2.65. The van der Waals surface area contributed by atoms with Crippen LogP contribution in [0, 0.1) is 0 Å². The molecule has 3 nitrogen and oxygen atoms in total. The molecule has 17 heavy (non-hydrogen) atoms. The van der Waals surface area contributed by atoms with Crippen LogP contribution in [0.4, 0.5) is 0 Å². The first-order chi connectivity index (χ1) is 8.15. The molecule has 0 spiro atoms. The average molecular weight is 235 g/mol. The first kappa shape index (κ1) is 15.1. The summed E-state index contributed by atoms with van der Waals surface area (Å²) in [6.07, 6.45) is 3.74. The van der Waals surface area contributed by atoms with Crippen LogP contribution in [-0.4, -0.2) is 55.3 Å². The molecule has 0 aromatic rings. The molecule has 0 atom stereocenters. The van der Waals surface area contributed by atoms with Gasteiger partial charge in [-0.3, -0.25) is 0 Å². The number of rotatable bonds is 6. The molecule has 0 amide bonds. The molecule has 0 N–H and O–H groups in total. The van der Waals surface area contributed by atoms with Crippen molar-refractivity contribution in [3.63, 3.8) is 0 Å². The van der Waals surface area contributed by atoms with Gasteiger partial charge in [0.25, 0.3) is 21.5 Å². The molecule has 1 fully saturated rings. The molecule has 1 heterocycles. The predicted molar refractivity (Wildman–Crippen MR) is 81.4 cm³/mol. The lowest BCUT2D eigenvalue weighted by Crippen LogP contribution is -2.71. The normalized spacial score (nSPS) is 19.8. The molecular weight excluding hydrogens is 207 g/mol. The standard InChI is InChI=1S/C11H28B3N3/c1-6-9-15-12-16(10-7-2)14(5)17(11-8-3)13(15)4/h12H,6-11H2,1-5H3. The minimum atomic E-state index is 0.595. The van der Waals surface area contributed by atoms with Gasteiger partial charge in [-0.25, -0.2) is 0 Å². The van der Waals surface area contributed by atoms with Gasteiger partial charge in [-0.15, -0.1) is 0 Å². The zero-order valence-electron chi connectivity index (χ0n) is 12.4. The Kier molecular flexibility index (Phi) is 6.67. The van der Waals surface area contributed by atoms with Gasteiger partial charge in [0.05, 0.1) is 0 Å². The van der Waals surface area contributed by atoms with Gasteiger partial charge in [0.15, 0.2) is 0 Å². The number of hydrogen-bond acceptors (Lipinski definition) is 3. The van der Waals surface area contributed by atoms with Gasteiger partial charge >= 0.3 is 0 Å². The maximum absolute atomic E-state index is 2.65. The summed E-state index contributed by atoms with van der Waals surface area (Å²) in [5.74, 6) is 0. The molecular formula is C11H28B3N3. The van der Waals surface area contributed by atoms with E-state index < -0.39 is 0 Å². The minimum absolute atomic E-state index is 0.595. The van der Waals surface area contributed by atoms with Crippen molar-refractivity contribution < 1.29 is 0 Å². The van der Waals surface area contributed by atoms with Crippen molar-refractivity contribution in [1.29, 1.82) is 0 Å². The van der Waals surface area contributed by atoms with Crippen molar-refractivity contribution in [3.8, 4) is 0 Å². The highest BCUT2D eigenvalue weighted by molar-refractivity contribution is 6.79. The monoisotopic (exact) mass is 235 g/mol. The number of nitrogens with zero attached hydrogens (tertiary/aromatic N) is 3. The third-order valence-corrected chi connectivity index (χ3v) is 3.88. The highest BCUT2D eigenvalue weighted by Crippen LogP contribution is 2.15. The molecule has 0 aliphatic carbocycles. The number of hydrogen-bond donors (Lipinski definition) is 0. The first-order valence-electron chi connectivity index (χ1n) is 7.39. The van der Waals surface area contributed by atoms with E-state index in [1.807, 2.05) is 0 Å². The first-order valence-corrected chi connectivity index (χ1v) is 7.39. The molecule has 1 aliphatic heterocycles. The lowest BCUT2D eigenvalue weighted by molar-refractivity contribution is 0.444. The van der Waals surface area contributed by atoms with Crippen LogP contribution in [0.1, 0.15) is 40.0 Å². The van der Waals surface area contributed by atoms with Gasteiger partial charge in [-0.1, -0.05) is 34.4 Å². The van der Waals surface area contributed by atoms with Crippen LogP contribution >= 0.6 is 0 Å². The van der Waals surface area contributed by atoms with Gasteiger partial charge in [0, 0.05) is 0 Å².